The van der Waals surface area contributed by atoms with E-state index < -0.39 is 35.3 Å². The molecule has 0 saturated carbocycles. The number of aliphatic imine (C=N–C) groups is 1. The number of methoxy groups -OCH3 is 2. The standard InChI is InChI=1S/C24H23N3O7/c1-26-15-8-5-4-7-14(15)24-11-13(12-28)27(20(29)16-9-6-10-34-16)23(24)25-18(22(31)33-3)17(19(24)26)21(30)32-2/h4-10,13,19,28H,11-12H2,1-3H3/t13-,19-,24-/m0/s1. The van der Waals surface area contributed by atoms with Crippen molar-refractivity contribution in [3.63, 3.8) is 0 Å². The highest BCUT2D eigenvalue weighted by atomic mass is 16.5. The van der Waals surface area contributed by atoms with Gasteiger partial charge in [0, 0.05) is 12.7 Å². The number of likely N-dealkylation sites (N-methyl/N-ethyl adjacent to an activating group) is 1. The van der Waals surface area contributed by atoms with Gasteiger partial charge in [0.1, 0.15) is 5.84 Å². The number of aliphatic hydroxyl groups is 1. The first-order valence-electron chi connectivity index (χ1n) is 10.7. The van der Waals surface area contributed by atoms with Crippen molar-refractivity contribution in [3.8, 4) is 0 Å². The molecule has 1 aromatic carbocycles. The van der Waals surface area contributed by atoms with E-state index in [1.807, 2.05) is 36.2 Å². The molecule has 3 aliphatic rings. The summed E-state index contributed by atoms with van der Waals surface area (Å²) in [4.78, 5) is 47.2. The van der Waals surface area contributed by atoms with Gasteiger partial charge >= 0.3 is 11.9 Å². The number of anilines is 1. The molecule has 3 atom stereocenters. The summed E-state index contributed by atoms with van der Waals surface area (Å²) >= 11 is 0. The van der Waals surface area contributed by atoms with Crippen LogP contribution in [0.5, 0.6) is 0 Å². The number of hydrogen-bond donors (Lipinski definition) is 1. The fraction of sp³-hybridized carbons (Fsp3) is 0.333. The number of esters is 2. The third-order valence-corrected chi connectivity index (χ3v) is 6.86. The second-order valence-corrected chi connectivity index (χ2v) is 8.38. The van der Waals surface area contributed by atoms with Crippen molar-refractivity contribution in [3.05, 3.63) is 65.3 Å². The van der Waals surface area contributed by atoms with Gasteiger partial charge in [-0.2, -0.15) is 0 Å². The number of rotatable bonds is 4. The third kappa shape index (κ3) is 2.72. The van der Waals surface area contributed by atoms with Crippen molar-refractivity contribution >= 4 is 29.4 Å². The van der Waals surface area contributed by atoms with Crippen LogP contribution in [0.25, 0.3) is 0 Å². The number of likely N-dealkylation sites (tertiary alicyclic amines) is 1. The maximum absolute atomic E-state index is 13.5. The number of carbonyl (C=O) groups excluding carboxylic acids is 3. The largest absolute Gasteiger partial charge is 0.466 e. The van der Waals surface area contributed by atoms with E-state index in [0.29, 0.717) is 0 Å². The molecule has 1 fully saturated rings. The van der Waals surface area contributed by atoms with Crippen molar-refractivity contribution in [1.29, 1.82) is 0 Å². The lowest BCUT2D eigenvalue weighted by Crippen LogP contribution is -2.55. The molecule has 10 nitrogen and oxygen atoms in total. The highest BCUT2D eigenvalue weighted by Gasteiger charge is 2.66. The molecule has 4 heterocycles. The van der Waals surface area contributed by atoms with E-state index in [1.165, 1.54) is 31.4 Å². The van der Waals surface area contributed by atoms with Crippen molar-refractivity contribution < 1.29 is 33.4 Å². The highest BCUT2D eigenvalue weighted by Crippen LogP contribution is 2.57. The predicted octanol–water partition coefficient (Wildman–Crippen LogP) is 1.25. The molecule has 34 heavy (non-hydrogen) atoms. The van der Waals surface area contributed by atoms with Crippen LogP contribution in [0.1, 0.15) is 22.5 Å². The van der Waals surface area contributed by atoms with Crippen LogP contribution in [-0.2, 0) is 24.5 Å². The summed E-state index contributed by atoms with van der Waals surface area (Å²) in [6.07, 6.45) is 1.65. The van der Waals surface area contributed by atoms with Gasteiger partial charge in [0.25, 0.3) is 5.91 Å². The average molecular weight is 465 g/mol. The molecule has 176 valence electrons. The molecule has 0 radical (unpaired) electrons. The maximum Gasteiger partial charge on any atom is 0.357 e. The molecule has 0 unspecified atom stereocenters. The Labute approximate surface area is 195 Å². The van der Waals surface area contributed by atoms with Crippen LogP contribution in [0.4, 0.5) is 5.69 Å². The molecule has 1 amide bonds. The number of furan rings is 1. The molecule has 0 aliphatic carbocycles. The number of nitrogens with zero attached hydrogens (tertiary/aromatic N) is 3. The summed E-state index contributed by atoms with van der Waals surface area (Å²) in [5.74, 6) is -1.73. The number of carbonyl (C=O) groups is 3. The van der Waals surface area contributed by atoms with E-state index in [0.717, 1.165) is 11.3 Å². The molecule has 5 rings (SSSR count). The Kier molecular flexibility index (Phi) is 5.05. The number of hydrogen-bond acceptors (Lipinski definition) is 9. The summed E-state index contributed by atoms with van der Waals surface area (Å²) in [5.41, 5.74) is 0.458. The molecule has 0 bridgehead atoms. The van der Waals surface area contributed by atoms with Crippen molar-refractivity contribution in [2.45, 2.75) is 23.9 Å². The molecule has 1 aromatic heterocycles. The van der Waals surface area contributed by atoms with Crippen LogP contribution in [0, 0.1) is 0 Å². The normalized spacial score (nSPS) is 24.9. The minimum atomic E-state index is -0.998. The van der Waals surface area contributed by atoms with E-state index in [2.05, 4.69) is 4.99 Å². The van der Waals surface area contributed by atoms with Gasteiger partial charge in [0.05, 0.1) is 50.2 Å². The summed E-state index contributed by atoms with van der Waals surface area (Å²) in [6.45, 7) is -0.354. The van der Waals surface area contributed by atoms with Crippen molar-refractivity contribution in [2.24, 2.45) is 4.99 Å². The monoisotopic (exact) mass is 465 g/mol. The van der Waals surface area contributed by atoms with E-state index in [9.17, 15) is 19.5 Å². The van der Waals surface area contributed by atoms with Crippen LogP contribution >= 0.6 is 0 Å². The van der Waals surface area contributed by atoms with Gasteiger partial charge in [0.2, 0.25) is 0 Å². The predicted molar refractivity (Wildman–Crippen MR) is 119 cm³/mol. The van der Waals surface area contributed by atoms with Crippen molar-refractivity contribution in [2.75, 3.05) is 32.8 Å². The van der Waals surface area contributed by atoms with E-state index in [4.69, 9.17) is 13.9 Å². The molecular formula is C24H23N3O7. The van der Waals surface area contributed by atoms with E-state index in [-0.39, 0.29) is 35.9 Å². The quantitative estimate of drug-likeness (QED) is 0.670. The Morgan fingerprint density at radius 1 is 1.15 bits per heavy atom. The zero-order valence-electron chi connectivity index (χ0n) is 18.8. The Balaban J connectivity index is 1.83. The van der Waals surface area contributed by atoms with Crippen molar-refractivity contribution in [1.82, 2.24) is 4.90 Å². The summed E-state index contributed by atoms with van der Waals surface area (Å²) in [6, 6.07) is 9.26. The smallest absolute Gasteiger partial charge is 0.357 e. The van der Waals surface area contributed by atoms with E-state index in [1.54, 1.807) is 6.07 Å². The Morgan fingerprint density at radius 3 is 2.53 bits per heavy atom. The Bertz CT molecular complexity index is 1250. The molecule has 2 aromatic rings. The van der Waals surface area contributed by atoms with Crippen LogP contribution < -0.4 is 4.90 Å². The van der Waals surface area contributed by atoms with Gasteiger partial charge in [0.15, 0.2) is 11.5 Å². The minimum absolute atomic E-state index is 0.0424. The molecule has 1 saturated heterocycles. The van der Waals surface area contributed by atoms with Crippen LogP contribution in [0.2, 0.25) is 0 Å². The van der Waals surface area contributed by atoms with Gasteiger partial charge in [-0.1, -0.05) is 18.2 Å². The first-order chi connectivity index (χ1) is 16.4. The van der Waals surface area contributed by atoms with Crippen LogP contribution in [-0.4, -0.2) is 73.6 Å². The number of fused-ring (bicyclic) bond motifs is 1. The average Bonchev–Trinajstić information content (AvgIpc) is 3.57. The summed E-state index contributed by atoms with van der Waals surface area (Å²) < 4.78 is 15.3. The minimum Gasteiger partial charge on any atom is -0.466 e. The molecular weight excluding hydrogens is 442 g/mol. The molecule has 1 spiro atoms. The lowest BCUT2D eigenvalue weighted by Gasteiger charge is -2.39. The first-order valence-corrected chi connectivity index (χ1v) is 10.7. The van der Waals surface area contributed by atoms with Gasteiger partial charge < -0.3 is 23.9 Å². The molecule has 10 heteroatoms. The van der Waals surface area contributed by atoms with E-state index >= 15 is 0 Å². The lowest BCUT2D eigenvalue weighted by atomic mass is 9.69. The number of amides is 1. The van der Waals surface area contributed by atoms with Gasteiger partial charge in [-0.3, -0.25) is 9.69 Å². The maximum atomic E-state index is 13.5. The van der Waals surface area contributed by atoms with Gasteiger partial charge in [-0.25, -0.2) is 14.6 Å². The van der Waals surface area contributed by atoms with Gasteiger partial charge in [-0.05, 0) is 30.2 Å². The zero-order chi connectivity index (χ0) is 24.2. The molecule has 1 N–H and O–H groups in total. The Morgan fingerprint density at radius 2 is 1.88 bits per heavy atom. The fourth-order valence-electron chi connectivity index (χ4n) is 5.57. The number of amidine groups is 1. The Hall–Kier alpha value is -3.92. The number of benzene rings is 1. The van der Waals surface area contributed by atoms with Crippen LogP contribution in [0.3, 0.4) is 0 Å². The summed E-state index contributed by atoms with van der Waals surface area (Å²) in [5, 5.41) is 10.3. The first kappa shape index (κ1) is 21.9. The second kappa shape index (κ2) is 7.84. The molecule has 3 aliphatic heterocycles. The summed E-state index contributed by atoms with van der Waals surface area (Å²) in [7, 11) is 4.23. The van der Waals surface area contributed by atoms with Crippen LogP contribution in [0.15, 0.2) is 63.3 Å². The highest BCUT2D eigenvalue weighted by molar-refractivity contribution is 6.17. The zero-order valence-corrected chi connectivity index (χ0v) is 18.8. The number of para-hydroxylation sites is 1. The third-order valence-electron chi connectivity index (χ3n) is 6.86. The SMILES string of the molecule is COC(=O)C1=C(C(=O)OC)[C@@H]2N(C)c3ccccc3[C@@]23C[C@@H](CO)N(C(=O)c2ccco2)C3=N1. The second-order valence-electron chi connectivity index (χ2n) is 8.38. The lowest BCUT2D eigenvalue weighted by molar-refractivity contribution is -0.139. The van der Waals surface area contributed by atoms with Gasteiger partial charge in [-0.15, -0.1) is 0 Å². The fourth-order valence-corrected chi connectivity index (χ4v) is 5.57. The number of aliphatic hydroxyl groups excluding tert-OH is 1. The topological polar surface area (TPSA) is 122 Å². The number of ether oxygens (including phenoxy) is 2.